The van der Waals surface area contributed by atoms with Crippen molar-refractivity contribution < 1.29 is 9.52 Å². The van der Waals surface area contributed by atoms with Crippen molar-refractivity contribution >= 4 is 21.4 Å². The van der Waals surface area contributed by atoms with Crippen molar-refractivity contribution in [3.63, 3.8) is 0 Å². The van der Waals surface area contributed by atoms with Gasteiger partial charge in [0.05, 0.1) is 22.4 Å². The van der Waals surface area contributed by atoms with E-state index in [-0.39, 0.29) is 0 Å². The van der Waals surface area contributed by atoms with E-state index in [1.54, 1.807) is 16.8 Å². The number of aliphatic hydroxyl groups excluding tert-OH is 1. The molecule has 0 aliphatic carbocycles. The van der Waals surface area contributed by atoms with Crippen molar-refractivity contribution in [1.82, 2.24) is 9.61 Å². The second kappa shape index (κ2) is 4.01. The first kappa shape index (κ1) is 10.6. The molecular formula is C12H9BrN2O2. The van der Waals surface area contributed by atoms with Crippen LogP contribution in [0.15, 0.2) is 51.8 Å². The van der Waals surface area contributed by atoms with E-state index in [0.717, 1.165) is 15.6 Å². The van der Waals surface area contributed by atoms with Crippen LogP contribution in [0.2, 0.25) is 0 Å². The van der Waals surface area contributed by atoms with E-state index in [4.69, 9.17) is 4.42 Å². The predicted molar refractivity (Wildman–Crippen MR) is 65.7 cm³/mol. The number of aliphatic hydroxyl groups is 1. The molecule has 0 aliphatic heterocycles. The molecule has 3 heterocycles. The molecular weight excluding hydrogens is 284 g/mol. The van der Waals surface area contributed by atoms with Gasteiger partial charge in [-0.3, -0.25) is 0 Å². The van der Waals surface area contributed by atoms with Gasteiger partial charge in [-0.1, -0.05) is 6.07 Å². The summed E-state index contributed by atoms with van der Waals surface area (Å²) < 4.78 is 7.73. The first-order valence-electron chi connectivity index (χ1n) is 5.10. The number of pyridine rings is 1. The van der Waals surface area contributed by atoms with E-state index >= 15 is 0 Å². The Hall–Kier alpha value is -1.59. The van der Waals surface area contributed by atoms with Gasteiger partial charge < -0.3 is 9.52 Å². The monoisotopic (exact) mass is 292 g/mol. The molecule has 0 aliphatic rings. The number of halogens is 1. The van der Waals surface area contributed by atoms with Crippen LogP contribution >= 0.6 is 15.9 Å². The van der Waals surface area contributed by atoms with Crippen LogP contribution in [0.5, 0.6) is 0 Å². The average molecular weight is 293 g/mol. The van der Waals surface area contributed by atoms with Gasteiger partial charge in [-0.2, -0.15) is 5.10 Å². The summed E-state index contributed by atoms with van der Waals surface area (Å²) in [4.78, 5) is 0. The molecule has 0 fully saturated rings. The van der Waals surface area contributed by atoms with E-state index in [0.29, 0.717) is 5.76 Å². The summed E-state index contributed by atoms with van der Waals surface area (Å²) in [7, 11) is 0. The molecule has 3 aromatic rings. The zero-order valence-corrected chi connectivity index (χ0v) is 10.3. The maximum Gasteiger partial charge on any atom is 0.151 e. The van der Waals surface area contributed by atoms with Crippen LogP contribution < -0.4 is 0 Å². The molecule has 0 saturated carbocycles. The van der Waals surface area contributed by atoms with Gasteiger partial charge in [-0.15, -0.1) is 0 Å². The van der Waals surface area contributed by atoms with Crippen molar-refractivity contribution in [3.8, 4) is 0 Å². The Morgan fingerprint density at radius 1 is 1.35 bits per heavy atom. The van der Waals surface area contributed by atoms with Crippen molar-refractivity contribution in [2.75, 3.05) is 0 Å². The van der Waals surface area contributed by atoms with Crippen molar-refractivity contribution in [3.05, 3.63) is 58.7 Å². The molecule has 0 saturated heterocycles. The van der Waals surface area contributed by atoms with E-state index < -0.39 is 6.10 Å². The minimum atomic E-state index is -0.820. The molecule has 5 heteroatoms. The van der Waals surface area contributed by atoms with Gasteiger partial charge in [0, 0.05) is 11.8 Å². The Morgan fingerprint density at radius 2 is 2.24 bits per heavy atom. The minimum Gasteiger partial charge on any atom is -0.465 e. The summed E-state index contributed by atoms with van der Waals surface area (Å²) >= 11 is 3.34. The van der Waals surface area contributed by atoms with Gasteiger partial charge in [0.25, 0.3) is 0 Å². The van der Waals surface area contributed by atoms with Gasteiger partial charge in [0.1, 0.15) is 6.10 Å². The van der Waals surface area contributed by atoms with E-state index in [1.807, 2.05) is 24.4 Å². The number of furan rings is 1. The quantitative estimate of drug-likeness (QED) is 0.790. The molecule has 0 radical (unpaired) electrons. The van der Waals surface area contributed by atoms with Gasteiger partial charge in [-0.25, -0.2) is 4.52 Å². The highest BCUT2D eigenvalue weighted by molar-refractivity contribution is 9.10. The predicted octanol–water partition coefficient (Wildman–Crippen LogP) is 2.77. The van der Waals surface area contributed by atoms with Crippen molar-refractivity contribution in [2.45, 2.75) is 6.10 Å². The molecule has 0 spiro atoms. The Morgan fingerprint density at radius 3 is 3.00 bits per heavy atom. The largest absolute Gasteiger partial charge is 0.465 e. The number of aromatic nitrogens is 2. The Labute approximate surface area is 106 Å². The summed E-state index contributed by atoms with van der Waals surface area (Å²) in [5.41, 5.74) is 1.59. The number of hydrogen-bond acceptors (Lipinski definition) is 3. The van der Waals surface area contributed by atoms with Gasteiger partial charge in [0.2, 0.25) is 0 Å². The van der Waals surface area contributed by atoms with E-state index in [2.05, 4.69) is 21.0 Å². The first-order chi connectivity index (χ1) is 8.27. The summed E-state index contributed by atoms with van der Waals surface area (Å²) in [5, 5.41) is 14.5. The van der Waals surface area contributed by atoms with Crippen LogP contribution in [-0.2, 0) is 0 Å². The van der Waals surface area contributed by atoms with Crippen LogP contribution in [0.25, 0.3) is 5.52 Å². The summed E-state index contributed by atoms with van der Waals surface area (Å²) in [6.45, 7) is 0. The highest BCUT2D eigenvalue weighted by atomic mass is 79.9. The number of nitrogens with zero attached hydrogens (tertiary/aromatic N) is 2. The van der Waals surface area contributed by atoms with E-state index in [9.17, 15) is 5.11 Å². The fourth-order valence-electron chi connectivity index (χ4n) is 1.81. The number of rotatable bonds is 2. The second-order valence-corrected chi connectivity index (χ2v) is 4.52. The van der Waals surface area contributed by atoms with E-state index in [1.165, 1.54) is 6.26 Å². The zero-order valence-electron chi connectivity index (χ0n) is 8.75. The molecule has 1 N–H and O–H groups in total. The summed E-state index contributed by atoms with van der Waals surface area (Å²) in [6.07, 6.45) is 4.20. The second-order valence-electron chi connectivity index (χ2n) is 3.67. The molecule has 0 amide bonds. The molecule has 1 unspecified atom stereocenters. The zero-order chi connectivity index (χ0) is 11.8. The lowest BCUT2D eigenvalue weighted by molar-refractivity contribution is 0.189. The Bertz CT molecular complexity index is 659. The maximum absolute atomic E-state index is 10.3. The van der Waals surface area contributed by atoms with Crippen LogP contribution in [0.3, 0.4) is 0 Å². The smallest absolute Gasteiger partial charge is 0.151 e. The third-order valence-electron chi connectivity index (χ3n) is 2.64. The maximum atomic E-state index is 10.3. The Balaban J connectivity index is 2.13. The molecule has 1 atom stereocenters. The third kappa shape index (κ3) is 1.67. The van der Waals surface area contributed by atoms with Gasteiger partial charge in [0.15, 0.2) is 5.76 Å². The lowest BCUT2D eigenvalue weighted by Gasteiger charge is -2.06. The summed E-state index contributed by atoms with van der Waals surface area (Å²) in [5.74, 6) is 0.490. The highest BCUT2D eigenvalue weighted by Crippen LogP contribution is 2.31. The lowest BCUT2D eigenvalue weighted by Crippen LogP contribution is -1.98. The minimum absolute atomic E-state index is 0.490. The van der Waals surface area contributed by atoms with Gasteiger partial charge >= 0.3 is 0 Å². The van der Waals surface area contributed by atoms with Crippen molar-refractivity contribution in [2.24, 2.45) is 0 Å². The molecule has 3 rings (SSSR count). The lowest BCUT2D eigenvalue weighted by atomic mass is 10.1. The molecule has 3 aromatic heterocycles. The normalized spacial score (nSPS) is 13.1. The number of hydrogen-bond donors (Lipinski definition) is 1. The van der Waals surface area contributed by atoms with Crippen molar-refractivity contribution in [1.29, 1.82) is 0 Å². The fourth-order valence-corrected chi connectivity index (χ4v) is 2.22. The van der Waals surface area contributed by atoms with Crippen LogP contribution in [-0.4, -0.2) is 14.7 Å². The standard InChI is InChI=1S/C12H9BrN2O2/c13-9-4-6-17-12(9)11(16)8-7-14-15-5-2-1-3-10(8)15/h1-7,11,16H. The topological polar surface area (TPSA) is 50.7 Å². The number of fused-ring (bicyclic) bond motifs is 1. The first-order valence-corrected chi connectivity index (χ1v) is 5.90. The molecule has 4 nitrogen and oxygen atoms in total. The molecule has 0 bridgehead atoms. The molecule has 86 valence electrons. The molecule has 0 aromatic carbocycles. The van der Waals surface area contributed by atoms with Crippen LogP contribution in [0.4, 0.5) is 0 Å². The fraction of sp³-hybridized carbons (Fsp3) is 0.0833. The van der Waals surface area contributed by atoms with Gasteiger partial charge in [-0.05, 0) is 34.1 Å². The third-order valence-corrected chi connectivity index (χ3v) is 3.30. The SMILES string of the molecule is OC(c1occc1Br)c1cnn2ccccc12. The summed E-state index contributed by atoms with van der Waals surface area (Å²) in [6, 6.07) is 7.45. The Kier molecular flexibility index (Phi) is 2.49. The highest BCUT2D eigenvalue weighted by Gasteiger charge is 2.20. The van der Waals surface area contributed by atoms with Crippen LogP contribution in [0, 0.1) is 0 Å². The average Bonchev–Trinajstić information content (AvgIpc) is 2.94. The van der Waals surface area contributed by atoms with Crippen LogP contribution in [0.1, 0.15) is 17.4 Å². The molecule has 17 heavy (non-hydrogen) atoms.